The van der Waals surface area contributed by atoms with Gasteiger partial charge in [0.05, 0.1) is 0 Å². The van der Waals surface area contributed by atoms with Crippen molar-refractivity contribution in [1.29, 1.82) is 0 Å². The van der Waals surface area contributed by atoms with E-state index in [4.69, 9.17) is 57.9 Å². The van der Waals surface area contributed by atoms with E-state index >= 15 is 0 Å². The number of halogens is 4. The minimum absolute atomic E-state index is 0.139. The van der Waals surface area contributed by atoms with E-state index in [0.717, 1.165) is 0 Å². The predicted molar refractivity (Wildman–Crippen MR) is 202 cm³/mol. The maximum atomic E-state index is 13.0. The van der Waals surface area contributed by atoms with Crippen LogP contribution in [0.1, 0.15) is 82.9 Å². The molecule has 4 aromatic rings. The fraction of sp³-hybridized carbons (Fsp3) is 0.162. The molecule has 6 rings (SSSR count). The van der Waals surface area contributed by atoms with Gasteiger partial charge in [0.15, 0.2) is 23.1 Å². The molecule has 0 aromatic heterocycles. The molecule has 2 amide bonds. The Hall–Kier alpha value is -5.07. The second-order valence-electron chi connectivity index (χ2n) is 11.2. The van der Waals surface area contributed by atoms with Gasteiger partial charge in [-0.3, -0.25) is 33.6 Å². The van der Waals surface area contributed by atoms with Crippen LogP contribution in [-0.2, 0) is 14.4 Å². The second-order valence-corrected chi connectivity index (χ2v) is 12.8. The number of benzene rings is 4. The summed E-state index contributed by atoms with van der Waals surface area (Å²) < 4.78 is 0. The monoisotopic (exact) mass is 782 g/mol. The van der Waals surface area contributed by atoms with Crippen molar-refractivity contribution in [2.45, 2.75) is 19.3 Å². The number of ketones is 4. The highest BCUT2D eigenvalue weighted by molar-refractivity contribution is 6.63. The zero-order valence-corrected chi connectivity index (χ0v) is 30.2. The van der Waals surface area contributed by atoms with Crippen LogP contribution >= 0.6 is 46.4 Å². The maximum Gasteiger partial charge on any atom is 0.225 e. The minimum Gasteiger partial charge on any atom is -0.399 e. The Morgan fingerprint density at radius 2 is 0.769 bits per heavy atom. The predicted octanol–water partition coefficient (Wildman–Crippen LogP) is 6.60. The molecule has 6 N–H and O–H groups in total. The van der Waals surface area contributed by atoms with Crippen LogP contribution in [0.15, 0.2) is 72.8 Å². The lowest BCUT2D eigenvalue weighted by atomic mass is 9.83. The molecular weight excluding hydrogens is 754 g/mol. The van der Waals surface area contributed by atoms with Crippen LogP contribution in [0.5, 0.6) is 0 Å². The molecule has 268 valence electrons. The molecule has 0 atom stereocenters. The summed E-state index contributed by atoms with van der Waals surface area (Å²) >= 11 is 21.0. The number of hydrogen-bond donors (Lipinski definition) is 4. The average Bonchev–Trinajstić information content (AvgIpc) is 3.10. The lowest BCUT2D eigenvalue weighted by Gasteiger charge is -2.19. The Morgan fingerprint density at radius 1 is 0.462 bits per heavy atom. The Bertz CT molecular complexity index is 1990. The summed E-state index contributed by atoms with van der Waals surface area (Å²) in [4.78, 5) is 83.4. The van der Waals surface area contributed by atoms with Gasteiger partial charge in [0.1, 0.15) is 0 Å². The van der Waals surface area contributed by atoms with Crippen LogP contribution in [-0.4, -0.2) is 57.8 Å². The number of hydrogen-bond acceptors (Lipinski definition) is 9. The Labute approximate surface area is 317 Å². The molecule has 11 nitrogen and oxygen atoms in total. The number of alkyl halides is 3. The van der Waals surface area contributed by atoms with Gasteiger partial charge in [0, 0.05) is 104 Å². The zero-order valence-electron chi connectivity index (χ0n) is 27.2. The molecule has 4 aromatic carbocycles. The van der Waals surface area contributed by atoms with Crippen LogP contribution in [0.2, 0.25) is 0 Å². The molecule has 0 spiro atoms. The van der Waals surface area contributed by atoms with Gasteiger partial charge in [-0.1, -0.05) is 0 Å². The highest BCUT2D eigenvalue weighted by Crippen LogP contribution is 2.32. The maximum absolute atomic E-state index is 13.0. The third-order valence-electron chi connectivity index (χ3n) is 7.59. The number of nitrogens with two attached hydrogens (primary N) is 2. The molecule has 0 aliphatic heterocycles. The van der Waals surface area contributed by atoms with Gasteiger partial charge in [-0.05, 0) is 84.4 Å². The number of rotatable bonds is 8. The molecule has 0 bridgehead atoms. The molecule has 2 aliphatic carbocycles. The van der Waals surface area contributed by atoms with Crippen molar-refractivity contribution in [2.24, 2.45) is 0 Å². The molecule has 0 saturated carbocycles. The van der Waals surface area contributed by atoms with E-state index in [1.165, 1.54) is 36.4 Å². The lowest BCUT2D eigenvalue weighted by Crippen LogP contribution is -2.22. The van der Waals surface area contributed by atoms with Gasteiger partial charge in [-0.2, -0.15) is 0 Å². The van der Waals surface area contributed by atoms with Gasteiger partial charge < -0.3 is 22.1 Å². The Kier molecular flexibility index (Phi) is 13.7. The summed E-state index contributed by atoms with van der Waals surface area (Å²) in [6.07, 6.45) is 0.544. The summed E-state index contributed by atoms with van der Waals surface area (Å²) in [5, 5.41) is 4.92. The third kappa shape index (κ3) is 9.42. The molecular formula is C37H30Cl4N4O7. The standard InChI is InChI=1S/C20H16Cl2N2O4.C14H10N2O2.C3H4Cl2O/c21-7-5-17(25)23-11-1-3-13-15(9-11)20(28)16-10-12(24-18(26)6-8-22)2-4-14(16)19(13)27;15-7-1-3-9-11(5-7)14(18)12-6-8(16)2-4-10(12)13(9)17;4-2-1-3(5)6/h1-4,9-10H,5-8H2,(H,23,25)(H,24,26);1-6H,15-16H2;1-2H2. The number of nitrogens with one attached hydrogen (secondary N) is 2. The number of amides is 2. The lowest BCUT2D eigenvalue weighted by molar-refractivity contribution is -0.116. The molecule has 0 unspecified atom stereocenters. The fourth-order valence-electron chi connectivity index (χ4n) is 5.18. The van der Waals surface area contributed by atoms with Crippen LogP contribution in [0, 0.1) is 0 Å². The molecule has 2 aliphatic rings. The van der Waals surface area contributed by atoms with E-state index in [0.29, 0.717) is 50.9 Å². The van der Waals surface area contributed by atoms with Gasteiger partial charge >= 0.3 is 0 Å². The molecule has 0 saturated heterocycles. The van der Waals surface area contributed by atoms with Gasteiger partial charge in [-0.15, -0.1) is 34.8 Å². The number of carbonyl (C=O) groups excluding carboxylic acids is 7. The first kappa shape index (κ1) is 39.7. The van der Waals surface area contributed by atoms with Crippen LogP contribution in [0.25, 0.3) is 0 Å². The molecule has 0 radical (unpaired) electrons. The topological polar surface area (TPSA) is 196 Å². The van der Waals surface area contributed by atoms with E-state index in [1.54, 1.807) is 36.4 Å². The summed E-state index contributed by atoms with van der Waals surface area (Å²) in [5.74, 6) is -0.905. The van der Waals surface area contributed by atoms with Crippen molar-refractivity contribution in [3.63, 3.8) is 0 Å². The van der Waals surface area contributed by atoms with Crippen molar-refractivity contribution < 1.29 is 33.6 Å². The number of anilines is 4. The van der Waals surface area contributed by atoms with Crippen LogP contribution in [0.3, 0.4) is 0 Å². The van der Waals surface area contributed by atoms with E-state index in [1.807, 2.05) is 0 Å². The van der Waals surface area contributed by atoms with E-state index in [2.05, 4.69) is 10.6 Å². The van der Waals surface area contributed by atoms with E-state index in [-0.39, 0.29) is 93.5 Å². The number of fused-ring (bicyclic) bond motifs is 4. The molecule has 0 fully saturated rings. The van der Waals surface area contributed by atoms with Gasteiger partial charge in [0.25, 0.3) is 0 Å². The average molecular weight is 784 g/mol. The van der Waals surface area contributed by atoms with Crippen LogP contribution < -0.4 is 22.1 Å². The molecule has 15 heteroatoms. The van der Waals surface area contributed by atoms with Crippen molar-refractivity contribution in [1.82, 2.24) is 0 Å². The van der Waals surface area contributed by atoms with Gasteiger partial charge in [0.2, 0.25) is 17.1 Å². The number of nitrogen functional groups attached to an aromatic ring is 2. The van der Waals surface area contributed by atoms with Crippen LogP contribution in [0.4, 0.5) is 22.7 Å². The summed E-state index contributed by atoms with van der Waals surface area (Å²) in [6, 6.07) is 18.6. The van der Waals surface area contributed by atoms with Gasteiger partial charge in [-0.25, -0.2) is 0 Å². The molecule has 52 heavy (non-hydrogen) atoms. The Balaban J connectivity index is 0.000000214. The quantitative estimate of drug-likeness (QED) is 0.0747. The normalized spacial score (nSPS) is 12.1. The number of carbonyl (C=O) groups is 7. The Morgan fingerprint density at radius 3 is 1.08 bits per heavy atom. The zero-order chi connectivity index (χ0) is 38.1. The SMILES string of the molecule is Nc1ccc2c(c1)C(=O)c1cc(N)ccc1C2=O.O=C(CCCl)Nc1ccc2c(c1)C(=O)c1cc(NC(=O)CCCl)ccc1C2=O.O=C(Cl)CCCl. The summed E-state index contributed by atoms with van der Waals surface area (Å²) in [5.41, 5.74) is 15.5. The smallest absolute Gasteiger partial charge is 0.225 e. The highest BCUT2D eigenvalue weighted by atomic mass is 35.5. The second kappa shape index (κ2) is 17.9. The van der Waals surface area contributed by atoms with Crippen molar-refractivity contribution in [3.05, 3.63) is 117 Å². The highest BCUT2D eigenvalue weighted by Gasteiger charge is 2.31. The minimum atomic E-state index is -0.370. The van der Waals surface area contributed by atoms with Crippen molar-refractivity contribution in [2.75, 3.05) is 39.7 Å². The summed E-state index contributed by atoms with van der Waals surface area (Å²) in [6.45, 7) is 0. The van der Waals surface area contributed by atoms with Crippen molar-refractivity contribution >= 4 is 109 Å². The first-order chi connectivity index (χ1) is 24.8. The van der Waals surface area contributed by atoms with E-state index < -0.39 is 0 Å². The molecule has 0 heterocycles. The van der Waals surface area contributed by atoms with E-state index in [9.17, 15) is 33.6 Å². The largest absolute Gasteiger partial charge is 0.399 e. The third-order valence-corrected chi connectivity index (χ3v) is 8.34. The first-order valence-corrected chi connectivity index (χ1v) is 17.5. The fourth-order valence-corrected chi connectivity index (χ4v) is 5.89. The van der Waals surface area contributed by atoms with Crippen molar-refractivity contribution in [3.8, 4) is 0 Å². The first-order valence-electron chi connectivity index (χ1n) is 15.5. The summed E-state index contributed by atoms with van der Waals surface area (Å²) in [7, 11) is 0.